The third-order valence-corrected chi connectivity index (χ3v) is 3.80. The van der Waals surface area contributed by atoms with Crippen LogP contribution in [0.3, 0.4) is 0 Å². The molecule has 3 aromatic rings. The maximum absolute atomic E-state index is 5.40. The van der Waals surface area contributed by atoms with E-state index in [0.29, 0.717) is 0 Å². The Labute approximate surface area is 131 Å². The van der Waals surface area contributed by atoms with E-state index in [2.05, 4.69) is 61.4 Å². The summed E-state index contributed by atoms with van der Waals surface area (Å²) in [6.07, 6.45) is 0. The molecule has 3 rings (SSSR count). The predicted molar refractivity (Wildman–Crippen MR) is 89.8 cm³/mol. The number of methoxy groups -OCH3 is 1. The molecule has 0 saturated heterocycles. The highest BCUT2D eigenvalue weighted by Crippen LogP contribution is 2.31. The van der Waals surface area contributed by atoms with Crippen molar-refractivity contribution in [2.24, 2.45) is 0 Å². The summed E-state index contributed by atoms with van der Waals surface area (Å²) in [5.41, 5.74) is 6.73. The van der Waals surface area contributed by atoms with Crippen molar-refractivity contribution in [3.05, 3.63) is 65.5 Å². The average molecular weight is 292 g/mol. The number of ether oxygens (including phenoxy) is 1. The lowest BCUT2D eigenvalue weighted by Crippen LogP contribution is -2.02. The molecule has 0 saturated carbocycles. The molecular weight excluding hydrogens is 272 g/mol. The standard InChI is InChI=1S/C19H20N2O/c1-13-5-7-16(8-6-13)18-12-17(22-4)9-10-19(18)21-15(3)11-14(2)20-21/h5-12H,1-4H3. The van der Waals surface area contributed by atoms with Crippen molar-refractivity contribution in [1.29, 1.82) is 0 Å². The van der Waals surface area contributed by atoms with E-state index in [9.17, 15) is 0 Å². The van der Waals surface area contributed by atoms with E-state index in [-0.39, 0.29) is 0 Å². The van der Waals surface area contributed by atoms with Crippen molar-refractivity contribution in [2.75, 3.05) is 7.11 Å². The van der Waals surface area contributed by atoms with Crippen LogP contribution in [0, 0.1) is 20.8 Å². The molecule has 1 heterocycles. The Kier molecular flexibility index (Phi) is 3.72. The van der Waals surface area contributed by atoms with Gasteiger partial charge in [-0.05, 0) is 50.6 Å². The van der Waals surface area contributed by atoms with Crippen molar-refractivity contribution >= 4 is 0 Å². The SMILES string of the molecule is COc1ccc(-n2nc(C)cc2C)c(-c2ccc(C)cc2)c1. The van der Waals surface area contributed by atoms with Crippen LogP contribution in [0.25, 0.3) is 16.8 Å². The van der Waals surface area contributed by atoms with Gasteiger partial charge in [0.05, 0.1) is 18.5 Å². The fourth-order valence-corrected chi connectivity index (χ4v) is 2.66. The number of benzene rings is 2. The van der Waals surface area contributed by atoms with E-state index in [1.54, 1.807) is 7.11 Å². The fourth-order valence-electron chi connectivity index (χ4n) is 2.66. The van der Waals surface area contributed by atoms with Gasteiger partial charge in [0.1, 0.15) is 5.75 Å². The molecule has 0 atom stereocenters. The van der Waals surface area contributed by atoms with Gasteiger partial charge in [0.25, 0.3) is 0 Å². The number of rotatable bonds is 3. The monoisotopic (exact) mass is 292 g/mol. The maximum atomic E-state index is 5.40. The first kappa shape index (κ1) is 14.4. The van der Waals surface area contributed by atoms with Gasteiger partial charge in [-0.2, -0.15) is 5.10 Å². The summed E-state index contributed by atoms with van der Waals surface area (Å²) in [6, 6.07) is 16.7. The minimum atomic E-state index is 0.848. The zero-order chi connectivity index (χ0) is 15.7. The lowest BCUT2D eigenvalue weighted by molar-refractivity contribution is 0.415. The lowest BCUT2D eigenvalue weighted by Gasteiger charge is -2.13. The van der Waals surface area contributed by atoms with E-state index in [0.717, 1.165) is 34.0 Å². The van der Waals surface area contributed by atoms with E-state index in [4.69, 9.17) is 4.74 Å². The molecule has 3 nitrogen and oxygen atoms in total. The van der Waals surface area contributed by atoms with E-state index in [1.807, 2.05) is 17.7 Å². The zero-order valence-electron chi connectivity index (χ0n) is 13.4. The molecule has 3 heteroatoms. The second-order valence-corrected chi connectivity index (χ2v) is 5.59. The van der Waals surface area contributed by atoms with Gasteiger partial charge in [0.2, 0.25) is 0 Å². The summed E-state index contributed by atoms with van der Waals surface area (Å²) in [5.74, 6) is 0.848. The quantitative estimate of drug-likeness (QED) is 0.712. The highest BCUT2D eigenvalue weighted by molar-refractivity contribution is 5.74. The Balaban J connectivity index is 2.22. The number of hydrogen-bond donors (Lipinski definition) is 0. The molecule has 22 heavy (non-hydrogen) atoms. The highest BCUT2D eigenvalue weighted by Gasteiger charge is 2.12. The number of hydrogen-bond acceptors (Lipinski definition) is 2. The zero-order valence-corrected chi connectivity index (χ0v) is 13.4. The molecule has 0 fully saturated rings. The smallest absolute Gasteiger partial charge is 0.119 e. The van der Waals surface area contributed by atoms with Crippen LogP contribution in [0.5, 0.6) is 5.75 Å². The summed E-state index contributed by atoms with van der Waals surface area (Å²) in [4.78, 5) is 0. The molecule has 0 aliphatic rings. The Hall–Kier alpha value is -2.55. The summed E-state index contributed by atoms with van der Waals surface area (Å²) in [7, 11) is 1.69. The summed E-state index contributed by atoms with van der Waals surface area (Å²) in [5, 5.41) is 4.62. The van der Waals surface area contributed by atoms with Gasteiger partial charge in [-0.15, -0.1) is 0 Å². The Morgan fingerprint density at radius 1 is 0.909 bits per heavy atom. The van der Waals surface area contributed by atoms with Gasteiger partial charge >= 0.3 is 0 Å². The molecule has 112 valence electrons. The number of nitrogens with zero attached hydrogens (tertiary/aromatic N) is 2. The third kappa shape index (κ3) is 2.62. The number of aryl methyl sites for hydroxylation is 3. The first-order chi connectivity index (χ1) is 10.6. The molecular formula is C19H20N2O. The van der Waals surface area contributed by atoms with Crippen LogP contribution in [0.1, 0.15) is 17.0 Å². The highest BCUT2D eigenvalue weighted by atomic mass is 16.5. The van der Waals surface area contributed by atoms with E-state index in [1.165, 1.54) is 5.56 Å². The normalized spacial score (nSPS) is 10.7. The van der Waals surface area contributed by atoms with Gasteiger partial charge < -0.3 is 4.74 Å². The van der Waals surface area contributed by atoms with Crippen molar-refractivity contribution in [1.82, 2.24) is 9.78 Å². The molecule has 0 bridgehead atoms. The van der Waals surface area contributed by atoms with Crippen LogP contribution in [0.15, 0.2) is 48.5 Å². The first-order valence-electron chi connectivity index (χ1n) is 7.37. The molecule has 1 aromatic heterocycles. The molecule has 0 aliphatic heterocycles. The Morgan fingerprint density at radius 2 is 1.64 bits per heavy atom. The average Bonchev–Trinajstić information content (AvgIpc) is 2.86. The molecule has 0 N–H and O–H groups in total. The molecule has 0 amide bonds. The van der Waals surface area contributed by atoms with Gasteiger partial charge in [0, 0.05) is 11.3 Å². The Morgan fingerprint density at radius 3 is 2.23 bits per heavy atom. The van der Waals surface area contributed by atoms with Crippen LogP contribution >= 0.6 is 0 Å². The van der Waals surface area contributed by atoms with Crippen molar-refractivity contribution < 1.29 is 4.74 Å². The minimum Gasteiger partial charge on any atom is -0.497 e. The molecule has 0 radical (unpaired) electrons. The van der Waals surface area contributed by atoms with Crippen LogP contribution in [-0.2, 0) is 0 Å². The summed E-state index contributed by atoms with van der Waals surface area (Å²) < 4.78 is 7.39. The fraction of sp³-hybridized carbons (Fsp3) is 0.211. The Bertz CT molecular complexity index is 801. The van der Waals surface area contributed by atoms with E-state index >= 15 is 0 Å². The first-order valence-corrected chi connectivity index (χ1v) is 7.37. The van der Waals surface area contributed by atoms with Crippen LogP contribution in [0.4, 0.5) is 0 Å². The number of aromatic nitrogens is 2. The summed E-state index contributed by atoms with van der Waals surface area (Å²) >= 11 is 0. The van der Waals surface area contributed by atoms with E-state index < -0.39 is 0 Å². The van der Waals surface area contributed by atoms with Crippen molar-refractivity contribution in [3.8, 4) is 22.6 Å². The molecule has 0 aliphatic carbocycles. The van der Waals surface area contributed by atoms with Crippen LogP contribution in [0.2, 0.25) is 0 Å². The van der Waals surface area contributed by atoms with Gasteiger partial charge in [-0.25, -0.2) is 4.68 Å². The predicted octanol–water partition coefficient (Wildman–Crippen LogP) is 4.47. The molecule has 2 aromatic carbocycles. The molecule has 0 unspecified atom stereocenters. The molecule has 0 spiro atoms. The van der Waals surface area contributed by atoms with Crippen LogP contribution in [-0.4, -0.2) is 16.9 Å². The van der Waals surface area contributed by atoms with Gasteiger partial charge in [0.15, 0.2) is 0 Å². The van der Waals surface area contributed by atoms with Crippen molar-refractivity contribution in [2.45, 2.75) is 20.8 Å². The maximum Gasteiger partial charge on any atom is 0.119 e. The lowest BCUT2D eigenvalue weighted by atomic mass is 10.0. The van der Waals surface area contributed by atoms with Crippen LogP contribution < -0.4 is 4.74 Å². The third-order valence-electron chi connectivity index (χ3n) is 3.80. The topological polar surface area (TPSA) is 27.1 Å². The minimum absolute atomic E-state index is 0.848. The largest absolute Gasteiger partial charge is 0.497 e. The second kappa shape index (κ2) is 5.68. The van der Waals surface area contributed by atoms with Gasteiger partial charge in [-0.3, -0.25) is 0 Å². The second-order valence-electron chi connectivity index (χ2n) is 5.59. The van der Waals surface area contributed by atoms with Crippen molar-refractivity contribution in [3.63, 3.8) is 0 Å². The summed E-state index contributed by atoms with van der Waals surface area (Å²) in [6.45, 7) is 6.18. The van der Waals surface area contributed by atoms with Gasteiger partial charge in [-0.1, -0.05) is 29.8 Å².